The molecule has 0 aromatic heterocycles. The molecule has 1 unspecified atom stereocenters. The molecular formula is C19H32N4O. The normalized spacial score (nSPS) is 17.1. The van der Waals surface area contributed by atoms with E-state index >= 15 is 0 Å². The zero-order valence-electron chi connectivity index (χ0n) is 15.4. The number of benzene rings is 1. The molecule has 5 nitrogen and oxygen atoms in total. The van der Waals surface area contributed by atoms with Crippen LogP contribution in [0.1, 0.15) is 25.8 Å². The highest BCUT2D eigenvalue weighted by Gasteiger charge is 2.20. The van der Waals surface area contributed by atoms with Gasteiger partial charge in [-0.2, -0.15) is 0 Å². The van der Waals surface area contributed by atoms with E-state index in [2.05, 4.69) is 60.3 Å². The lowest BCUT2D eigenvalue weighted by Crippen LogP contribution is -2.52. The fourth-order valence-electron chi connectivity index (χ4n) is 2.93. The molecule has 1 saturated heterocycles. The van der Waals surface area contributed by atoms with E-state index < -0.39 is 0 Å². The maximum absolute atomic E-state index is 12.3. The molecule has 1 fully saturated rings. The molecule has 0 spiro atoms. The Morgan fingerprint density at radius 3 is 2.50 bits per heavy atom. The van der Waals surface area contributed by atoms with Crippen LogP contribution in [0.15, 0.2) is 30.3 Å². The van der Waals surface area contributed by atoms with Gasteiger partial charge in [-0.15, -0.1) is 0 Å². The molecule has 1 N–H and O–H groups in total. The summed E-state index contributed by atoms with van der Waals surface area (Å²) in [6.45, 7) is 10.5. The largest absolute Gasteiger partial charge is 0.337 e. The summed E-state index contributed by atoms with van der Waals surface area (Å²) < 4.78 is 0. The Balaban J connectivity index is 1.65. The molecule has 2 rings (SSSR count). The Kier molecular flexibility index (Phi) is 7.53. The molecule has 0 saturated carbocycles. The van der Waals surface area contributed by atoms with Crippen LogP contribution in [0.3, 0.4) is 0 Å². The van der Waals surface area contributed by atoms with Gasteiger partial charge in [0.15, 0.2) is 0 Å². The molecule has 0 aliphatic carbocycles. The van der Waals surface area contributed by atoms with E-state index in [0.717, 1.165) is 45.7 Å². The Hall–Kier alpha value is -1.59. The highest BCUT2D eigenvalue weighted by molar-refractivity contribution is 5.74. The summed E-state index contributed by atoms with van der Waals surface area (Å²) in [6, 6.07) is 11.2. The fourth-order valence-corrected chi connectivity index (χ4v) is 2.93. The van der Waals surface area contributed by atoms with Gasteiger partial charge >= 0.3 is 6.03 Å². The molecule has 1 heterocycles. The van der Waals surface area contributed by atoms with Crippen molar-refractivity contribution < 1.29 is 4.79 Å². The Morgan fingerprint density at radius 1 is 1.21 bits per heavy atom. The van der Waals surface area contributed by atoms with Crippen molar-refractivity contribution in [2.45, 2.75) is 32.9 Å². The van der Waals surface area contributed by atoms with Crippen LogP contribution in [0.25, 0.3) is 0 Å². The molecule has 24 heavy (non-hydrogen) atoms. The second kappa shape index (κ2) is 9.64. The molecule has 1 aromatic rings. The van der Waals surface area contributed by atoms with Crippen molar-refractivity contribution in [3.05, 3.63) is 35.9 Å². The van der Waals surface area contributed by atoms with Crippen molar-refractivity contribution in [2.75, 3.05) is 46.3 Å². The first-order valence-electron chi connectivity index (χ1n) is 9.09. The maximum Gasteiger partial charge on any atom is 0.317 e. The Bertz CT molecular complexity index is 485. The van der Waals surface area contributed by atoms with Gasteiger partial charge in [-0.25, -0.2) is 4.79 Å². The van der Waals surface area contributed by atoms with Crippen LogP contribution in [0.2, 0.25) is 0 Å². The molecular weight excluding hydrogens is 300 g/mol. The van der Waals surface area contributed by atoms with Gasteiger partial charge in [0.25, 0.3) is 0 Å². The summed E-state index contributed by atoms with van der Waals surface area (Å²) >= 11 is 0. The quantitative estimate of drug-likeness (QED) is 0.832. The lowest BCUT2D eigenvalue weighted by atomic mass is 10.2. The molecule has 1 aliphatic heterocycles. The van der Waals surface area contributed by atoms with Gasteiger partial charge in [0.2, 0.25) is 0 Å². The Labute approximate surface area is 146 Å². The molecule has 5 heteroatoms. The van der Waals surface area contributed by atoms with Crippen molar-refractivity contribution in [3.63, 3.8) is 0 Å². The third kappa shape index (κ3) is 5.80. The smallest absolute Gasteiger partial charge is 0.317 e. The third-order valence-corrected chi connectivity index (χ3v) is 4.99. The highest BCUT2D eigenvalue weighted by atomic mass is 16.2. The second-order valence-corrected chi connectivity index (χ2v) is 6.72. The first-order valence-corrected chi connectivity index (χ1v) is 9.09. The molecule has 1 atom stereocenters. The average Bonchev–Trinajstić information content (AvgIpc) is 2.62. The molecule has 134 valence electrons. The summed E-state index contributed by atoms with van der Waals surface area (Å²) in [7, 11) is 2.11. The number of hydrogen-bond acceptors (Lipinski definition) is 3. The lowest BCUT2D eigenvalue weighted by molar-refractivity contribution is 0.134. The summed E-state index contributed by atoms with van der Waals surface area (Å²) in [5.41, 5.74) is 1.34. The summed E-state index contributed by atoms with van der Waals surface area (Å²) in [6.07, 6.45) is 1.13. The maximum atomic E-state index is 12.3. The van der Waals surface area contributed by atoms with Crippen molar-refractivity contribution >= 4 is 6.03 Å². The van der Waals surface area contributed by atoms with E-state index in [-0.39, 0.29) is 6.03 Å². The van der Waals surface area contributed by atoms with Crippen molar-refractivity contribution in [1.29, 1.82) is 0 Å². The first kappa shape index (κ1) is 18.7. The number of carbonyl (C=O) groups is 1. The topological polar surface area (TPSA) is 38.8 Å². The van der Waals surface area contributed by atoms with Crippen LogP contribution in [0.5, 0.6) is 0 Å². The number of amides is 2. The zero-order valence-corrected chi connectivity index (χ0v) is 15.4. The Morgan fingerprint density at radius 2 is 1.88 bits per heavy atom. The second-order valence-electron chi connectivity index (χ2n) is 6.72. The predicted molar refractivity (Wildman–Crippen MR) is 99.1 cm³/mol. The van der Waals surface area contributed by atoms with E-state index in [9.17, 15) is 4.79 Å². The van der Waals surface area contributed by atoms with E-state index in [4.69, 9.17) is 0 Å². The number of likely N-dealkylation sites (N-methyl/N-ethyl adjacent to an activating group) is 1. The van der Waals surface area contributed by atoms with Crippen molar-refractivity contribution in [1.82, 2.24) is 20.0 Å². The SMILES string of the molecule is CCC(C)N(C)CCNC(=O)N1CCN(Cc2ccccc2)CC1. The summed E-state index contributed by atoms with van der Waals surface area (Å²) in [5.74, 6) is 0. The van der Waals surface area contributed by atoms with Crippen molar-refractivity contribution in [2.24, 2.45) is 0 Å². The van der Waals surface area contributed by atoms with Gasteiger partial charge in [0, 0.05) is 51.9 Å². The third-order valence-electron chi connectivity index (χ3n) is 4.99. The lowest BCUT2D eigenvalue weighted by Gasteiger charge is -2.35. The molecule has 1 aliphatic rings. The van der Waals surface area contributed by atoms with Crippen LogP contribution in [0.4, 0.5) is 4.79 Å². The number of urea groups is 1. The fraction of sp³-hybridized carbons (Fsp3) is 0.632. The number of hydrogen-bond donors (Lipinski definition) is 1. The van der Waals surface area contributed by atoms with E-state index in [1.54, 1.807) is 0 Å². The van der Waals surface area contributed by atoms with Crippen LogP contribution in [0, 0.1) is 0 Å². The highest BCUT2D eigenvalue weighted by Crippen LogP contribution is 2.08. The van der Waals surface area contributed by atoms with E-state index in [1.165, 1.54) is 5.56 Å². The predicted octanol–water partition coefficient (Wildman–Crippen LogP) is 2.24. The molecule has 0 radical (unpaired) electrons. The zero-order chi connectivity index (χ0) is 17.4. The van der Waals surface area contributed by atoms with Crippen molar-refractivity contribution in [3.8, 4) is 0 Å². The number of nitrogens with zero attached hydrogens (tertiary/aromatic N) is 3. The van der Waals surface area contributed by atoms with Gasteiger partial charge in [0.05, 0.1) is 0 Å². The standard InChI is InChI=1S/C19H32N4O/c1-4-17(2)21(3)11-10-20-19(24)23-14-12-22(13-15-23)16-18-8-6-5-7-9-18/h5-9,17H,4,10-16H2,1-3H3,(H,20,24). The minimum absolute atomic E-state index is 0.0758. The number of carbonyl (C=O) groups excluding carboxylic acids is 1. The molecule has 0 bridgehead atoms. The summed E-state index contributed by atoms with van der Waals surface area (Å²) in [5, 5.41) is 3.05. The van der Waals surface area contributed by atoms with Gasteiger partial charge in [-0.1, -0.05) is 37.3 Å². The molecule has 1 aromatic carbocycles. The van der Waals surface area contributed by atoms with Gasteiger partial charge in [-0.3, -0.25) is 4.90 Å². The van der Waals surface area contributed by atoms with E-state index in [0.29, 0.717) is 12.6 Å². The van der Waals surface area contributed by atoms with Gasteiger partial charge in [0.1, 0.15) is 0 Å². The first-order chi connectivity index (χ1) is 11.6. The minimum Gasteiger partial charge on any atom is -0.337 e. The van der Waals surface area contributed by atoms with E-state index in [1.807, 2.05) is 11.0 Å². The average molecular weight is 332 g/mol. The van der Waals surface area contributed by atoms with Crippen LogP contribution in [-0.2, 0) is 6.54 Å². The van der Waals surface area contributed by atoms with Crippen LogP contribution in [-0.4, -0.2) is 73.1 Å². The van der Waals surface area contributed by atoms with Crippen LogP contribution >= 0.6 is 0 Å². The van der Waals surface area contributed by atoms with Crippen LogP contribution < -0.4 is 5.32 Å². The van der Waals surface area contributed by atoms with Gasteiger partial charge in [-0.05, 0) is 26.0 Å². The molecule has 2 amide bonds. The minimum atomic E-state index is 0.0758. The monoisotopic (exact) mass is 332 g/mol. The number of nitrogens with one attached hydrogen (secondary N) is 1. The summed E-state index contributed by atoms with van der Waals surface area (Å²) in [4.78, 5) is 18.9. The van der Waals surface area contributed by atoms with Gasteiger partial charge < -0.3 is 15.1 Å². The number of rotatable bonds is 7. The number of piperazine rings is 1.